The number of phenolic OH excluding ortho intramolecular Hbond substituents is 1. The minimum atomic E-state index is -4.82. The number of phenols is 1. The van der Waals surface area contributed by atoms with Gasteiger partial charge >= 0.3 is 12.1 Å². The van der Waals surface area contributed by atoms with Gasteiger partial charge in [-0.2, -0.15) is 13.2 Å². The van der Waals surface area contributed by atoms with Crippen LogP contribution in [0.25, 0.3) is 0 Å². The van der Waals surface area contributed by atoms with Gasteiger partial charge in [-0.3, -0.25) is 4.79 Å². The number of amides is 1. The monoisotopic (exact) mass is 315 g/mol. The standard InChI is InChI=1S/C16H20F3NO2/c1-10-4-5-11-9-12(21)6-7-14(11)13(10)3-2-8-20-15(22)16(17,18)19/h6-7,9-10,13,21H,2-5,8H2,1H3,(H,20,22)/t10-,13?/m0/s1. The Hall–Kier alpha value is -1.72. The fourth-order valence-electron chi connectivity index (χ4n) is 3.13. The van der Waals surface area contributed by atoms with Gasteiger partial charge in [0.05, 0.1) is 0 Å². The van der Waals surface area contributed by atoms with Gasteiger partial charge in [0.25, 0.3) is 0 Å². The molecule has 0 aliphatic heterocycles. The number of aromatic hydroxyl groups is 1. The number of hydrogen-bond acceptors (Lipinski definition) is 2. The quantitative estimate of drug-likeness (QED) is 0.835. The summed E-state index contributed by atoms with van der Waals surface area (Å²) in [5.41, 5.74) is 2.28. The second-order valence-electron chi connectivity index (χ2n) is 5.90. The summed E-state index contributed by atoms with van der Waals surface area (Å²) < 4.78 is 36.3. The third-order valence-corrected chi connectivity index (χ3v) is 4.32. The van der Waals surface area contributed by atoms with Crippen LogP contribution in [0.1, 0.15) is 43.2 Å². The Labute approximate surface area is 127 Å². The molecule has 0 bridgehead atoms. The lowest BCUT2D eigenvalue weighted by Crippen LogP contribution is -2.37. The van der Waals surface area contributed by atoms with Crippen LogP contribution in [0.15, 0.2) is 18.2 Å². The zero-order valence-corrected chi connectivity index (χ0v) is 12.4. The Balaban J connectivity index is 1.92. The number of nitrogens with one attached hydrogen (secondary N) is 1. The lowest BCUT2D eigenvalue weighted by molar-refractivity contribution is -0.173. The summed E-state index contributed by atoms with van der Waals surface area (Å²) in [5.74, 6) is -0.943. The highest BCUT2D eigenvalue weighted by molar-refractivity contribution is 5.81. The summed E-state index contributed by atoms with van der Waals surface area (Å²) in [6.45, 7) is 2.16. The van der Waals surface area contributed by atoms with Gasteiger partial charge in [0.2, 0.25) is 0 Å². The molecular weight excluding hydrogens is 295 g/mol. The normalized spacial score (nSPS) is 21.3. The third-order valence-electron chi connectivity index (χ3n) is 4.32. The van der Waals surface area contributed by atoms with Crippen LogP contribution in [-0.2, 0) is 11.2 Å². The molecule has 0 fully saturated rings. The van der Waals surface area contributed by atoms with Crippen molar-refractivity contribution >= 4 is 5.91 Å². The number of carbonyl (C=O) groups excluding carboxylic acids is 1. The molecular formula is C16H20F3NO2. The number of halogens is 3. The van der Waals surface area contributed by atoms with E-state index in [2.05, 4.69) is 6.92 Å². The lowest BCUT2D eigenvalue weighted by atomic mass is 9.74. The van der Waals surface area contributed by atoms with Gasteiger partial charge in [-0.1, -0.05) is 13.0 Å². The van der Waals surface area contributed by atoms with Crippen LogP contribution in [0.4, 0.5) is 13.2 Å². The van der Waals surface area contributed by atoms with Crippen molar-refractivity contribution in [3.8, 4) is 5.75 Å². The molecule has 1 aliphatic rings. The molecule has 0 radical (unpaired) electrons. The number of aryl methyl sites for hydroxylation is 1. The average Bonchev–Trinajstić information content (AvgIpc) is 2.44. The molecule has 6 heteroatoms. The Morgan fingerprint density at radius 3 is 2.82 bits per heavy atom. The number of alkyl halides is 3. The summed E-state index contributed by atoms with van der Waals surface area (Å²) in [7, 11) is 0. The van der Waals surface area contributed by atoms with Crippen molar-refractivity contribution in [2.24, 2.45) is 5.92 Å². The second kappa shape index (κ2) is 6.58. The predicted octanol–water partition coefficient (Wildman–Crippen LogP) is 3.52. The van der Waals surface area contributed by atoms with Gasteiger partial charge < -0.3 is 10.4 Å². The van der Waals surface area contributed by atoms with Crippen LogP contribution in [0, 0.1) is 5.92 Å². The molecule has 2 atom stereocenters. The summed E-state index contributed by atoms with van der Waals surface area (Å²) >= 11 is 0. The van der Waals surface area contributed by atoms with Crippen LogP contribution in [0.3, 0.4) is 0 Å². The van der Waals surface area contributed by atoms with Crippen molar-refractivity contribution in [2.75, 3.05) is 6.54 Å². The Morgan fingerprint density at radius 2 is 2.14 bits per heavy atom. The maximum absolute atomic E-state index is 12.1. The van der Waals surface area contributed by atoms with E-state index < -0.39 is 12.1 Å². The Bertz CT molecular complexity index is 543. The van der Waals surface area contributed by atoms with E-state index in [0.29, 0.717) is 12.3 Å². The molecule has 0 spiro atoms. The third kappa shape index (κ3) is 3.93. The summed E-state index contributed by atoms with van der Waals surface area (Å²) in [6.07, 6.45) is -1.70. The van der Waals surface area contributed by atoms with E-state index in [0.717, 1.165) is 24.8 Å². The molecule has 1 aromatic rings. The van der Waals surface area contributed by atoms with E-state index in [1.165, 1.54) is 5.56 Å². The number of benzene rings is 1. The molecule has 1 aromatic carbocycles. The van der Waals surface area contributed by atoms with E-state index >= 15 is 0 Å². The van der Waals surface area contributed by atoms with Crippen LogP contribution in [0.2, 0.25) is 0 Å². The molecule has 2 rings (SSSR count). The fraction of sp³-hybridized carbons (Fsp3) is 0.562. The maximum Gasteiger partial charge on any atom is 0.471 e. The first-order chi connectivity index (χ1) is 10.3. The first kappa shape index (κ1) is 16.6. The van der Waals surface area contributed by atoms with Crippen molar-refractivity contribution < 1.29 is 23.1 Å². The predicted molar refractivity (Wildman–Crippen MR) is 76.6 cm³/mol. The second-order valence-corrected chi connectivity index (χ2v) is 5.90. The minimum Gasteiger partial charge on any atom is -0.508 e. The SMILES string of the molecule is C[C@H]1CCc2cc(O)ccc2C1CCCNC(=O)C(F)(F)F. The molecule has 3 nitrogen and oxygen atoms in total. The molecule has 0 saturated heterocycles. The lowest BCUT2D eigenvalue weighted by Gasteiger charge is -2.31. The summed E-state index contributed by atoms with van der Waals surface area (Å²) in [5, 5.41) is 11.4. The molecule has 2 N–H and O–H groups in total. The summed E-state index contributed by atoms with van der Waals surface area (Å²) in [6, 6.07) is 5.31. The van der Waals surface area contributed by atoms with Gasteiger partial charge in [0.15, 0.2) is 0 Å². The number of rotatable bonds is 4. The number of hydrogen-bond donors (Lipinski definition) is 2. The van der Waals surface area contributed by atoms with Gasteiger partial charge in [-0.05, 0) is 60.8 Å². The maximum atomic E-state index is 12.1. The van der Waals surface area contributed by atoms with E-state index in [-0.39, 0.29) is 18.2 Å². The smallest absolute Gasteiger partial charge is 0.471 e. The highest BCUT2D eigenvalue weighted by atomic mass is 19.4. The van der Waals surface area contributed by atoms with Crippen molar-refractivity contribution in [3.63, 3.8) is 0 Å². The topological polar surface area (TPSA) is 49.3 Å². The van der Waals surface area contributed by atoms with E-state index in [9.17, 15) is 23.1 Å². The van der Waals surface area contributed by atoms with Crippen molar-refractivity contribution in [2.45, 2.75) is 44.7 Å². The van der Waals surface area contributed by atoms with Gasteiger partial charge in [-0.25, -0.2) is 0 Å². The zero-order valence-electron chi connectivity index (χ0n) is 12.4. The van der Waals surface area contributed by atoms with Crippen LogP contribution < -0.4 is 5.32 Å². The van der Waals surface area contributed by atoms with Crippen molar-refractivity contribution in [3.05, 3.63) is 29.3 Å². The summed E-state index contributed by atoms with van der Waals surface area (Å²) in [4.78, 5) is 10.8. The highest BCUT2D eigenvalue weighted by Gasteiger charge is 2.38. The molecule has 0 aromatic heterocycles. The van der Waals surface area contributed by atoms with Crippen LogP contribution in [-0.4, -0.2) is 23.7 Å². The van der Waals surface area contributed by atoms with E-state index in [1.807, 2.05) is 11.4 Å². The van der Waals surface area contributed by atoms with Crippen molar-refractivity contribution in [1.29, 1.82) is 0 Å². The average molecular weight is 315 g/mol. The molecule has 1 amide bonds. The first-order valence-electron chi connectivity index (χ1n) is 7.46. The first-order valence-corrected chi connectivity index (χ1v) is 7.46. The molecule has 122 valence electrons. The van der Waals surface area contributed by atoms with Crippen LogP contribution in [0.5, 0.6) is 5.75 Å². The van der Waals surface area contributed by atoms with E-state index in [1.54, 1.807) is 12.1 Å². The molecule has 22 heavy (non-hydrogen) atoms. The fourth-order valence-corrected chi connectivity index (χ4v) is 3.13. The van der Waals surface area contributed by atoms with Gasteiger partial charge in [-0.15, -0.1) is 0 Å². The van der Waals surface area contributed by atoms with E-state index in [4.69, 9.17) is 0 Å². The molecule has 1 aliphatic carbocycles. The van der Waals surface area contributed by atoms with Gasteiger partial charge in [0, 0.05) is 6.54 Å². The largest absolute Gasteiger partial charge is 0.508 e. The number of fused-ring (bicyclic) bond motifs is 1. The Morgan fingerprint density at radius 1 is 1.41 bits per heavy atom. The van der Waals surface area contributed by atoms with Crippen LogP contribution >= 0.6 is 0 Å². The molecule has 0 heterocycles. The molecule has 0 saturated carbocycles. The molecule has 1 unspecified atom stereocenters. The zero-order chi connectivity index (χ0) is 16.3. The minimum absolute atomic E-state index is 0.0228. The van der Waals surface area contributed by atoms with Crippen molar-refractivity contribution in [1.82, 2.24) is 5.32 Å². The number of carbonyl (C=O) groups is 1. The van der Waals surface area contributed by atoms with Gasteiger partial charge in [0.1, 0.15) is 5.75 Å². The highest BCUT2D eigenvalue weighted by Crippen LogP contribution is 2.39. The Kier molecular flexibility index (Phi) is 4.98.